The first-order valence-corrected chi connectivity index (χ1v) is 4.97. The summed E-state index contributed by atoms with van der Waals surface area (Å²) in [5.41, 5.74) is 5.98. The third kappa shape index (κ3) is 2.10. The van der Waals surface area contributed by atoms with Crippen LogP contribution < -0.4 is 10.5 Å². The molecular formula is C11H15NO2. The lowest BCUT2D eigenvalue weighted by Gasteiger charge is -2.08. The van der Waals surface area contributed by atoms with Crippen molar-refractivity contribution in [2.75, 3.05) is 12.3 Å². The predicted molar refractivity (Wildman–Crippen MR) is 55.4 cm³/mol. The average Bonchev–Trinajstić information content (AvgIpc) is 2.96. The molecule has 0 aromatic heterocycles. The van der Waals surface area contributed by atoms with Crippen molar-refractivity contribution in [1.82, 2.24) is 0 Å². The summed E-state index contributed by atoms with van der Waals surface area (Å²) in [5, 5.41) is 9.32. The summed E-state index contributed by atoms with van der Waals surface area (Å²) >= 11 is 0. The molecule has 0 spiro atoms. The number of anilines is 1. The van der Waals surface area contributed by atoms with Crippen molar-refractivity contribution in [2.24, 2.45) is 5.92 Å². The average molecular weight is 193 g/mol. The molecule has 14 heavy (non-hydrogen) atoms. The molecular weight excluding hydrogens is 178 g/mol. The lowest BCUT2D eigenvalue weighted by molar-refractivity contribution is 0.303. The number of aromatic hydroxyl groups is 1. The Morgan fingerprint density at radius 3 is 2.93 bits per heavy atom. The van der Waals surface area contributed by atoms with Crippen molar-refractivity contribution < 1.29 is 9.84 Å². The number of para-hydroxylation sites is 1. The van der Waals surface area contributed by atoms with Gasteiger partial charge in [0.2, 0.25) is 0 Å². The molecule has 0 unspecified atom stereocenters. The van der Waals surface area contributed by atoms with Crippen molar-refractivity contribution >= 4 is 5.69 Å². The van der Waals surface area contributed by atoms with Gasteiger partial charge in [-0.15, -0.1) is 0 Å². The van der Waals surface area contributed by atoms with Crippen molar-refractivity contribution in [2.45, 2.75) is 19.3 Å². The second-order valence-corrected chi connectivity index (χ2v) is 3.77. The van der Waals surface area contributed by atoms with E-state index in [0.717, 1.165) is 12.3 Å². The molecule has 0 bridgehead atoms. The van der Waals surface area contributed by atoms with Gasteiger partial charge in [-0.05, 0) is 24.5 Å². The summed E-state index contributed by atoms with van der Waals surface area (Å²) in [4.78, 5) is 0. The highest BCUT2D eigenvalue weighted by Crippen LogP contribution is 2.34. The fourth-order valence-electron chi connectivity index (χ4n) is 1.40. The minimum atomic E-state index is 0.0916. The molecule has 1 aliphatic rings. The first-order chi connectivity index (χ1) is 6.77. The molecule has 1 aromatic rings. The van der Waals surface area contributed by atoms with Gasteiger partial charge in [0.25, 0.3) is 0 Å². The number of phenolic OH excluding ortho intramolecular Hbond substituents is 1. The van der Waals surface area contributed by atoms with E-state index in [2.05, 4.69) is 0 Å². The lowest BCUT2D eigenvalue weighted by Crippen LogP contribution is -2.00. The van der Waals surface area contributed by atoms with E-state index in [1.165, 1.54) is 12.8 Å². The third-order valence-corrected chi connectivity index (χ3v) is 2.52. The molecule has 1 saturated carbocycles. The maximum atomic E-state index is 9.32. The maximum Gasteiger partial charge on any atom is 0.145 e. The van der Waals surface area contributed by atoms with E-state index in [0.29, 0.717) is 18.0 Å². The standard InChI is InChI=1S/C11H15NO2/c12-11-9(13)2-1-3-10(11)14-7-6-8-4-5-8/h1-3,8,13H,4-7,12H2. The van der Waals surface area contributed by atoms with E-state index >= 15 is 0 Å². The zero-order chi connectivity index (χ0) is 9.97. The van der Waals surface area contributed by atoms with Crippen LogP contribution in [-0.4, -0.2) is 11.7 Å². The molecule has 0 radical (unpaired) electrons. The molecule has 0 amide bonds. The van der Waals surface area contributed by atoms with Gasteiger partial charge < -0.3 is 15.6 Å². The smallest absolute Gasteiger partial charge is 0.145 e. The third-order valence-electron chi connectivity index (χ3n) is 2.52. The Labute approximate surface area is 83.5 Å². The van der Waals surface area contributed by atoms with Crippen LogP contribution in [-0.2, 0) is 0 Å². The quantitative estimate of drug-likeness (QED) is 0.569. The van der Waals surface area contributed by atoms with Gasteiger partial charge in [0.05, 0.1) is 6.61 Å². The van der Waals surface area contributed by atoms with Crippen LogP contribution in [0.3, 0.4) is 0 Å². The molecule has 1 fully saturated rings. The Bertz CT molecular complexity index is 321. The zero-order valence-corrected chi connectivity index (χ0v) is 8.07. The summed E-state index contributed by atoms with van der Waals surface area (Å²) in [7, 11) is 0. The van der Waals surface area contributed by atoms with Crippen LogP contribution in [0.4, 0.5) is 5.69 Å². The van der Waals surface area contributed by atoms with Crippen molar-refractivity contribution in [1.29, 1.82) is 0 Å². The molecule has 3 nitrogen and oxygen atoms in total. The van der Waals surface area contributed by atoms with E-state index in [4.69, 9.17) is 10.5 Å². The van der Waals surface area contributed by atoms with E-state index in [1.807, 2.05) is 0 Å². The number of rotatable bonds is 4. The van der Waals surface area contributed by atoms with Crippen LogP contribution in [0.1, 0.15) is 19.3 Å². The highest BCUT2D eigenvalue weighted by Gasteiger charge is 2.20. The van der Waals surface area contributed by atoms with Crippen LogP contribution in [0.15, 0.2) is 18.2 Å². The van der Waals surface area contributed by atoms with Crippen LogP contribution in [0, 0.1) is 5.92 Å². The van der Waals surface area contributed by atoms with E-state index in [9.17, 15) is 5.11 Å². The Morgan fingerprint density at radius 1 is 1.43 bits per heavy atom. The van der Waals surface area contributed by atoms with Gasteiger partial charge in [-0.25, -0.2) is 0 Å². The molecule has 2 rings (SSSR count). The maximum absolute atomic E-state index is 9.32. The van der Waals surface area contributed by atoms with E-state index < -0.39 is 0 Å². The topological polar surface area (TPSA) is 55.5 Å². The first-order valence-electron chi connectivity index (χ1n) is 4.97. The second-order valence-electron chi connectivity index (χ2n) is 3.77. The Hall–Kier alpha value is -1.38. The minimum absolute atomic E-state index is 0.0916. The normalized spacial score (nSPS) is 15.4. The molecule has 1 aromatic carbocycles. The summed E-state index contributed by atoms with van der Waals surface area (Å²) in [5.74, 6) is 1.54. The molecule has 0 heterocycles. The van der Waals surface area contributed by atoms with E-state index in [-0.39, 0.29) is 5.75 Å². The highest BCUT2D eigenvalue weighted by atomic mass is 16.5. The van der Waals surface area contributed by atoms with Crippen LogP contribution in [0.25, 0.3) is 0 Å². The van der Waals surface area contributed by atoms with Gasteiger partial charge >= 0.3 is 0 Å². The number of hydrogen-bond donors (Lipinski definition) is 2. The molecule has 3 heteroatoms. The summed E-state index contributed by atoms with van der Waals surface area (Å²) in [6.07, 6.45) is 3.76. The fourth-order valence-corrected chi connectivity index (χ4v) is 1.40. The fraction of sp³-hybridized carbons (Fsp3) is 0.455. The SMILES string of the molecule is Nc1c(O)cccc1OCCC1CC1. The van der Waals surface area contributed by atoms with Gasteiger partial charge in [-0.3, -0.25) is 0 Å². The largest absolute Gasteiger partial charge is 0.506 e. The monoisotopic (exact) mass is 193 g/mol. The summed E-state index contributed by atoms with van der Waals surface area (Å²) in [6, 6.07) is 5.07. The highest BCUT2D eigenvalue weighted by molar-refractivity contribution is 5.61. The first kappa shape index (κ1) is 9.19. The molecule has 0 saturated heterocycles. The molecule has 3 N–H and O–H groups in total. The number of hydrogen-bond acceptors (Lipinski definition) is 3. The summed E-state index contributed by atoms with van der Waals surface area (Å²) < 4.78 is 5.48. The van der Waals surface area contributed by atoms with Gasteiger partial charge in [-0.2, -0.15) is 0 Å². The number of nitrogens with two attached hydrogens (primary N) is 1. The Kier molecular flexibility index (Phi) is 2.48. The van der Waals surface area contributed by atoms with Gasteiger partial charge in [0, 0.05) is 0 Å². The molecule has 0 atom stereocenters. The number of nitrogen functional groups attached to an aromatic ring is 1. The number of ether oxygens (including phenoxy) is 1. The van der Waals surface area contributed by atoms with E-state index in [1.54, 1.807) is 18.2 Å². The molecule has 76 valence electrons. The Balaban J connectivity index is 1.90. The van der Waals surface area contributed by atoms with Gasteiger partial charge in [0.1, 0.15) is 17.2 Å². The summed E-state index contributed by atoms with van der Waals surface area (Å²) in [6.45, 7) is 0.693. The predicted octanol–water partition coefficient (Wildman–Crippen LogP) is 2.15. The molecule has 0 aliphatic heterocycles. The van der Waals surface area contributed by atoms with Crippen LogP contribution in [0.5, 0.6) is 11.5 Å². The number of benzene rings is 1. The van der Waals surface area contributed by atoms with Crippen LogP contribution >= 0.6 is 0 Å². The van der Waals surface area contributed by atoms with Gasteiger partial charge in [0.15, 0.2) is 0 Å². The zero-order valence-electron chi connectivity index (χ0n) is 8.07. The second kappa shape index (κ2) is 3.78. The van der Waals surface area contributed by atoms with Crippen molar-refractivity contribution in [3.8, 4) is 11.5 Å². The van der Waals surface area contributed by atoms with Crippen LogP contribution in [0.2, 0.25) is 0 Å². The van der Waals surface area contributed by atoms with Crippen molar-refractivity contribution in [3.63, 3.8) is 0 Å². The minimum Gasteiger partial charge on any atom is -0.506 e. The van der Waals surface area contributed by atoms with Crippen molar-refractivity contribution in [3.05, 3.63) is 18.2 Å². The van der Waals surface area contributed by atoms with Gasteiger partial charge in [-0.1, -0.05) is 18.9 Å². The lowest BCUT2D eigenvalue weighted by atomic mass is 10.2. The number of phenols is 1. The molecule has 1 aliphatic carbocycles. The Morgan fingerprint density at radius 2 is 2.21 bits per heavy atom.